The fourth-order valence-corrected chi connectivity index (χ4v) is 3.14. The quantitative estimate of drug-likeness (QED) is 0.813. The monoisotopic (exact) mass is 315 g/mol. The second-order valence-electron chi connectivity index (χ2n) is 4.83. The zero-order chi connectivity index (χ0) is 15.6. The third-order valence-electron chi connectivity index (χ3n) is 3.30. The number of benzene rings is 2. The molecule has 3 rings (SSSR count). The lowest BCUT2D eigenvalue weighted by Crippen LogP contribution is -2.19. The van der Waals surface area contributed by atoms with Gasteiger partial charge in [0.05, 0.1) is 5.71 Å². The summed E-state index contributed by atoms with van der Waals surface area (Å²) in [6.45, 7) is 0. The molecule has 0 saturated heterocycles. The first kappa shape index (κ1) is 14.5. The first-order valence-corrected chi connectivity index (χ1v) is 8.12. The van der Waals surface area contributed by atoms with Gasteiger partial charge in [-0.1, -0.05) is 42.5 Å². The van der Waals surface area contributed by atoms with Crippen molar-refractivity contribution >= 4 is 21.8 Å². The molecule has 5 nitrogen and oxygen atoms in total. The van der Waals surface area contributed by atoms with Crippen LogP contribution in [0.5, 0.6) is 5.75 Å². The van der Waals surface area contributed by atoms with Crippen molar-refractivity contribution in [3.8, 4) is 5.75 Å². The van der Waals surface area contributed by atoms with Crippen LogP contribution in [0.3, 0.4) is 0 Å². The van der Waals surface area contributed by atoms with Gasteiger partial charge in [-0.25, -0.2) is 0 Å². The Kier molecular flexibility index (Phi) is 3.77. The molecule has 0 aliphatic carbocycles. The van der Waals surface area contributed by atoms with E-state index in [-0.39, 0.29) is 24.4 Å². The molecule has 0 aromatic heterocycles. The van der Waals surface area contributed by atoms with Crippen molar-refractivity contribution in [3.05, 3.63) is 65.7 Å². The van der Waals surface area contributed by atoms with Gasteiger partial charge in [0.25, 0.3) is 0 Å². The third kappa shape index (κ3) is 3.07. The van der Waals surface area contributed by atoms with E-state index in [1.165, 1.54) is 0 Å². The molecular weight excluding hydrogens is 302 g/mol. The van der Waals surface area contributed by atoms with Crippen LogP contribution in [-0.4, -0.2) is 19.9 Å². The predicted octanol–water partition coefficient (Wildman–Crippen LogP) is 2.78. The molecule has 2 aromatic rings. The Balaban J connectivity index is 1.82. The Morgan fingerprint density at radius 3 is 2.45 bits per heavy atom. The predicted molar refractivity (Wildman–Crippen MR) is 82.5 cm³/mol. The van der Waals surface area contributed by atoms with Gasteiger partial charge in [0, 0.05) is 17.5 Å². The zero-order valence-electron chi connectivity index (χ0n) is 11.6. The molecule has 1 heterocycles. The van der Waals surface area contributed by atoms with Gasteiger partial charge in [-0.15, -0.1) is 4.40 Å². The van der Waals surface area contributed by atoms with Gasteiger partial charge < -0.3 is 4.18 Å². The highest BCUT2D eigenvalue weighted by Gasteiger charge is 2.24. The van der Waals surface area contributed by atoms with Gasteiger partial charge in [-0.3, -0.25) is 4.79 Å². The Morgan fingerprint density at radius 2 is 1.68 bits per heavy atom. The van der Waals surface area contributed by atoms with E-state index in [0.717, 1.165) is 0 Å². The number of para-hydroxylation sites is 1. The Hall–Kier alpha value is -2.47. The highest BCUT2D eigenvalue weighted by Crippen LogP contribution is 2.27. The normalized spacial score (nSPS) is 15.4. The molecular formula is C16H13NO4S. The molecule has 0 N–H and O–H groups in total. The SMILES string of the molecule is O=C(CCC1=NS(=O)(=O)Oc2ccccc21)c1ccccc1. The minimum absolute atomic E-state index is 0.0512. The minimum Gasteiger partial charge on any atom is -0.365 e. The zero-order valence-corrected chi connectivity index (χ0v) is 12.4. The third-order valence-corrected chi connectivity index (χ3v) is 4.13. The largest absolute Gasteiger partial charge is 0.428 e. The smallest absolute Gasteiger partial charge is 0.365 e. The molecule has 1 aliphatic heterocycles. The first-order valence-electron chi connectivity index (χ1n) is 6.76. The number of Topliss-reactive ketones (excluding diaryl/α,β-unsaturated/α-hetero) is 1. The number of carbonyl (C=O) groups is 1. The molecule has 0 unspecified atom stereocenters. The van der Waals surface area contributed by atoms with Gasteiger partial charge in [-0.05, 0) is 18.6 Å². The lowest BCUT2D eigenvalue weighted by atomic mass is 10.0. The van der Waals surface area contributed by atoms with E-state index in [4.69, 9.17) is 4.18 Å². The van der Waals surface area contributed by atoms with Crippen LogP contribution in [0.25, 0.3) is 0 Å². The Labute approximate surface area is 128 Å². The maximum absolute atomic E-state index is 12.1. The molecule has 0 fully saturated rings. The van der Waals surface area contributed by atoms with Crippen LogP contribution in [0.1, 0.15) is 28.8 Å². The van der Waals surface area contributed by atoms with Crippen molar-refractivity contribution in [1.29, 1.82) is 0 Å². The summed E-state index contributed by atoms with van der Waals surface area (Å²) in [4.78, 5) is 12.1. The molecule has 2 aromatic carbocycles. The van der Waals surface area contributed by atoms with Crippen molar-refractivity contribution < 1.29 is 17.4 Å². The topological polar surface area (TPSA) is 72.8 Å². The molecule has 0 radical (unpaired) electrons. The molecule has 6 heteroatoms. The van der Waals surface area contributed by atoms with Gasteiger partial charge in [-0.2, -0.15) is 8.42 Å². The summed E-state index contributed by atoms with van der Waals surface area (Å²) in [5.41, 5.74) is 1.57. The number of hydrogen-bond acceptors (Lipinski definition) is 4. The molecule has 0 amide bonds. The standard InChI is InChI=1S/C16H13NO4S/c18-15(12-6-2-1-3-7-12)11-10-14-13-8-4-5-9-16(13)21-22(19,20)17-14/h1-9H,10-11H2. The number of rotatable bonds is 4. The molecule has 0 spiro atoms. The van der Waals surface area contributed by atoms with Crippen LogP contribution < -0.4 is 4.18 Å². The number of ketones is 1. The molecule has 112 valence electrons. The maximum atomic E-state index is 12.1. The molecule has 0 atom stereocenters. The number of hydrogen-bond donors (Lipinski definition) is 0. The number of carbonyl (C=O) groups excluding carboxylic acids is 1. The van der Waals surface area contributed by atoms with E-state index in [1.807, 2.05) is 6.07 Å². The van der Waals surface area contributed by atoms with E-state index < -0.39 is 10.3 Å². The van der Waals surface area contributed by atoms with Gasteiger partial charge >= 0.3 is 10.3 Å². The summed E-state index contributed by atoms with van der Waals surface area (Å²) in [5, 5.41) is 0. The second-order valence-corrected chi connectivity index (χ2v) is 6.04. The van der Waals surface area contributed by atoms with Crippen LogP contribution in [0.4, 0.5) is 0 Å². The van der Waals surface area contributed by atoms with Crippen LogP contribution in [-0.2, 0) is 10.3 Å². The highest BCUT2D eigenvalue weighted by atomic mass is 32.2. The van der Waals surface area contributed by atoms with Crippen molar-refractivity contribution in [3.63, 3.8) is 0 Å². The average Bonchev–Trinajstić information content (AvgIpc) is 2.52. The number of fused-ring (bicyclic) bond motifs is 1. The lowest BCUT2D eigenvalue weighted by Gasteiger charge is -2.16. The fraction of sp³-hybridized carbons (Fsp3) is 0.125. The van der Waals surface area contributed by atoms with E-state index in [0.29, 0.717) is 16.8 Å². The lowest BCUT2D eigenvalue weighted by molar-refractivity contribution is 0.0985. The summed E-state index contributed by atoms with van der Waals surface area (Å²) in [6, 6.07) is 15.6. The summed E-state index contributed by atoms with van der Waals surface area (Å²) in [5.74, 6) is 0.198. The second kappa shape index (κ2) is 5.73. The average molecular weight is 315 g/mol. The van der Waals surface area contributed by atoms with Crippen molar-refractivity contribution in [1.82, 2.24) is 0 Å². The molecule has 22 heavy (non-hydrogen) atoms. The van der Waals surface area contributed by atoms with E-state index >= 15 is 0 Å². The first-order chi connectivity index (χ1) is 10.6. The molecule has 0 saturated carbocycles. The Morgan fingerprint density at radius 1 is 1.00 bits per heavy atom. The maximum Gasteiger partial charge on any atom is 0.428 e. The number of nitrogens with zero attached hydrogens (tertiary/aromatic N) is 1. The van der Waals surface area contributed by atoms with Crippen molar-refractivity contribution in [2.24, 2.45) is 4.40 Å². The van der Waals surface area contributed by atoms with E-state index in [2.05, 4.69) is 4.40 Å². The van der Waals surface area contributed by atoms with Crippen LogP contribution in [0.2, 0.25) is 0 Å². The summed E-state index contributed by atoms with van der Waals surface area (Å²) < 4.78 is 31.8. The van der Waals surface area contributed by atoms with E-state index in [9.17, 15) is 13.2 Å². The summed E-state index contributed by atoms with van der Waals surface area (Å²) in [7, 11) is -3.98. The minimum atomic E-state index is -3.98. The summed E-state index contributed by atoms with van der Waals surface area (Å²) >= 11 is 0. The highest BCUT2D eigenvalue weighted by molar-refractivity contribution is 7.86. The van der Waals surface area contributed by atoms with Crippen LogP contribution in [0, 0.1) is 0 Å². The van der Waals surface area contributed by atoms with Crippen LogP contribution in [0.15, 0.2) is 59.0 Å². The van der Waals surface area contributed by atoms with Gasteiger partial charge in [0.2, 0.25) is 0 Å². The molecule has 0 bridgehead atoms. The molecule has 1 aliphatic rings. The van der Waals surface area contributed by atoms with Crippen molar-refractivity contribution in [2.45, 2.75) is 12.8 Å². The Bertz CT molecular complexity index is 841. The van der Waals surface area contributed by atoms with E-state index in [1.54, 1.807) is 48.5 Å². The summed E-state index contributed by atoms with van der Waals surface area (Å²) in [6.07, 6.45) is 0.431. The fourth-order valence-electron chi connectivity index (χ4n) is 2.27. The van der Waals surface area contributed by atoms with Crippen molar-refractivity contribution in [2.75, 3.05) is 0 Å². The van der Waals surface area contributed by atoms with Gasteiger partial charge in [0.1, 0.15) is 0 Å². The van der Waals surface area contributed by atoms with Gasteiger partial charge in [0.15, 0.2) is 11.5 Å². The van der Waals surface area contributed by atoms with Crippen LogP contribution >= 0.6 is 0 Å².